The summed E-state index contributed by atoms with van der Waals surface area (Å²) in [6.07, 6.45) is 1.86. The highest BCUT2D eigenvalue weighted by molar-refractivity contribution is 7.12. The van der Waals surface area contributed by atoms with E-state index in [1.54, 1.807) is 6.07 Å². The van der Waals surface area contributed by atoms with Crippen LogP contribution in [0.5, 0.6) is 11.5 Å². The Morgan fingerprint density at radius 1 is 1.19 bits per heavy atom. The van der Waals surface area contributed by atoms with Crippen LogP contribution in [-0.4, -0.2) is 43.0 Å². The highest BCUT2D eigenvalue weighted by atomic mass is 32.1. The standard InChI is InChI=1S/C19H20N2O4S/c22-18(12-20-19(23)17-4-2-10-26-17)21-7-1-3-14(21)13-5-6-15-16(11-13)25-9-8-24-15/h2,4-6,10-11,14H,1,3,7-9,12H2,(H,20,23)/t14-/m0/s1. The molecule has 1 N–H and O–H groups in total. The molecule has 3 heterocycles. The van der Waals surface area contributed by atoms with E-state index in [0.29, 0.717) is 24.6 Å². The molecule has 2 aliphatic rings. The molecule has 0 bridgehead atoms. The third-order valence-electron chi connectivity index (χ3n) is 4.67. The Morgan fingerprint density at radius 3 is 2.85 bits per heavy atom. The van der Waals surface area contributed by atoms with Crippen LogP contribution in [0.3, 0.4) is 0 Å². The summed E-state index contributed by atoms with van der Waals surface area (Å²) in [6, 6.07) is 9.45. The van der Waals surface area contributed by atoms with E-state index in [1.807, 2.05) is 34.5 Å². The molecule has 4 rings (SSSR count). The van der Waals surface area contributed by atoms with Gasteiger partial charge >= 0.3 is 0 Å². The number of ether oxygens (including phenoxy) is 2. The van der Waals surface area contributed by atoms with Crippen LogP contribution in [0, 0.1) is 0 Å². The van der Waals surface area contributed by atoms with Gasteiger partial charge in [-0.25, -0.2) is 0 Å². The molecule has 1 aromatic carbocycles. The van der Waals surface area contributed by atoms with E-state index in [-0.39, 0.29) is 24.4 Å². The van der Waals surface area contributed by atoms with Gasteiger partial charge in [-0.1, -0.05) is 12.1 Å². The first-order chi connectivity index (χ1) is 12.7. The van der Waals surface area contributed by atoms with Crippen LogP contribution < -0.4 is 14.8 Å². The van der Waals surface area contributed by atoms with Crippen molar-refractivity contribution >= 4 is 23.2 Å². The number of carbonyl (C=O) groups excluding carboxylic acids is 2. The van der Waals surface area contributed by atoms with Crippen LogP contribution in [0.2, 0.25) is 0 Å². The lowest BCUT2D eigenvalue weighted by Gasteiger charge is -2.27. The van der Waals surface area contributed by atoms with Gasteiger partial charge in [0.25, 0.3) is 5.91 Å². The molecular weight excluding hydrogens is 352 g/mol. The Morgan fingerprint density at radius 2 is 2.04 bits per heavy atom. The van der Waals surface area contributed by atoms with E-state index in [1.165, 1.54) is 11.3 Å². The number of carbonyl (C=O) groups is 2. The minimum atomic E-state index is -0.205. The Balaban J connectivity index is 1.43. The van der Waals surface area contributed by atoms with Crippen LogP contribution >= 0.6 is 11.3 Å². The van der Waals surface area contributed by atoms with Gasteiger partial charge in [-0.2, -0.15) is 0 Å². The van der Waals surface area contributed by atoms with Crippen molar-refractivity contribution in [3.05, 3.63) is 46.2 Å². The number of hydrogen-bond donors (Lipinski definition) is 1. The van der Waals surface area contributed by atoms with Gasteiger partial charge in [-0.3, -0.25) is 9.59 Å². The second kappa shape index (κ2) is 7.37. The lowest BCUT2D eigenvalue weighted by Crippen LogP contribution is -2.39. The number of fused-ring (bicyclic) bond motifs is 1. The van der Waals surface area contributed by atoms with E-state index in [0.717, 1.165) is 29.9 Å². The van der Waals surface area contributed by atoms with Crippen LogP contribution in [0.1, 0.15) is 34.1 Å². The first-order valence-electron chi connectivity index (χ1n) is 8.73. The Kier molecular flexibility index (Phi) is 4.79. The molecule has 2 amide bonds. The van der Waals surface area contributed by atoms with E-state index >= 15 is 0 Å². The first kappa shape index (κ1) is 16.9. The molecule has 0 spiro atoms. The van der Waals surface area contributed by atoms with Crippen molar-refractivity contribution in [2.24, 2.45) is 0 Å². The molecular formula is C19H20N2O4S. The second-order valence-corrected chi connectivity index (χ2v) is 7.26. The lowest BCUT2D eigenvalue weighted by atomic mass is 10.0. The summed E-state index contributed by atoms with van der Waals surface area (Å²) in [4.78, 5) is 27.1. The molecule has 26 heavy (non-hydrogen) atoms. The minimum absolute atomic E-state index is 0.0111. The summed E-state index contributed by atoms with van der Waals surface area (Å²) in [7, 11) is 0. The molecule has 2 aliphatic heterocycles. The molecule has 136 valence electrons. The van der Waals surface area contributed by atoms with E-state index < -0.39 is 0 Å². The van der Waals surface area contributed by atoms with Crippen LogP contribution in [0.15, 0.2) is 35.7 Å². The Labute approximate surface area is 155 Å². The summed E-state index contributed by atoms with van der Waals surface area (Å²) in [5.74, 6) is 1.22. The fourth-order valence-electron chi connectivity index (χ4n) is 3.43. The smallest absolute Gasteiger partial charge is 0.261 e. The summed E-state index contributed by atoms with van der Waals surface area (Å²) in [6.45, 7) is 1.81. The van der Waals surface area contributed by atoms with Crippen LogP contribution in [0.25, 0.3) is 0 Å². The summed E-state index contributed by atoms with van der Waals surface area (Å²) in [5, 5.41) is 4.56. The quantitative estimate of drug-likeness (QED) is 0.896. The topological polar surface area (TPSA) is 67.9 Å². The fraction of sp³-hybridized carbons (Fsp3) is 0.368. The molecule has 7 heteroatoms. The maximum atomic E-state index is 12.7. The van der Waals surface area contributed by atoms with Crippen molar-refractivity contribution in [2.45, 2.75) is 18.9 Å². The van der Waals surface area contributed by atoms with Gasteiger partial charge in [0, 0.05) is 6.54 Å². The van der Waals surface area contributed by atoms with Gasteiger partial charge in [0.2, 0.25) is 5.91 Å². The van der Waals surface area contributed by atoms with Crippen molar-refractivity contribution in [2.75, 3.05) is 26.3 Å². The maximum absolute atomic E-state index is 12.7. The molecule has 1 fully saturated rings. The number of likely N-dealkylation sites (tertiary alicyclic amines) is 1. The van der Waals surface area contributed by atoms with Crippen molar-refractivity contribution in [3.8, 4) is 11.5 Å². The highest BCUT2D eigenvalue weighted by Crippen LogP contribution is 2.38. The number of nitrogens with zero attached hydrogens (tertiary/aromatic N) is 1. The zero-order valence-electron chi connectivity index (χ0n) is 14.3. The SMILES string of the molecule is O=C(NCC(=O)N1CCC[C@H]1c1ccc2c(c1)OCCO2)c1cccs1. The van der Waals surface area contributed by atoms with E-state index in [2.05, 4.69) is 5.32 Å². The summed E-state index contributed by atoms with van der Waals surface area (Å²) < 4.78 is 11.2. The minimum Gasteiger partial charge on any atom is -0.486 e. The van der Waals surface area contributed by atoms with Crippen LogP contribution in [-0.2, 0) is 4.79 Å². The van der Waals surface area contributed by atoms with Gasteiger partial charge in [0.1, 0.15) is 13.2 Å². The van der Waals surface area contributed by atoms with Gasteiger partial charge in [0.15, 0.2) is 11.5 Å². The molecule has 2 aromatic rings. The fourth-order valence-corrected chi connectivity index (χ4v) is 4.07. The van der Waals surface area contributed by atoms with Crippen LogP contribution in [0.4, 0.5) is 0 Å². The van der Waals surface area contributed by atoms with Crippen molar-refractivity contribution in [3.63, 3.8) is 0 Å². The van der Waals surface area contributed by atoms with E-state index in [9.17, 15) is 9.59 Å². The summed E-state index contributed by atoms with van der Waals surface area (Å²) in [5.41, 5.74) is 1.05. The molecule has 1 atom stereocenters. The Bertz CT molecular complexity index is 806. The first-order valence-corrected chi connectivity index (χ1v) is 9.61. The third kappa shape index (κ3) is 3.39. The maximum Gasteiger partial charge on any atom is 0.261 e. The predicted octanol–water partition coefficient (Wildman–Crippen LogP) is 2.61. The van der Waals surface area contributed by atoms with Gasteiger partial charge < -0.3 is 19.7 Å². The average molecular weight is 372 g/mol. The van der Waals surface area contributed by atoms with E-state index in [4.69, 9.17) is 9.47 Å². The second-order valence-electron chi connectivity index (χ2n) is 6.31. The number of rotatable bonds is 4. The van der Waals surface area contributed by atoms with Crippen molar-refractivity contribution in [1.29, 1.82) is 0 Å². The monoisotopic (exact) mass is 372 g/mol. The number of nitrogens with one attached hydrogen (secondary N) is 1. The Hall–Kier alpha value is -2.54. The molecule has 0 unspecified atom stereocenters. The predicted molar refractivity (Wildman–Crippen MR) is 97.8 cm³/mol. The molecule has 1 saturated heterocycles. The molecule has 6 nitrogen and oxygen atoms in total. The zero-order valence-corrected chi connectivity index (χ0v) is 15.1. The third-order valence-corrected chi connectivity index (χ3v) is 5.54. The number of hydrogen-bond acceptors (Lipinski definition) is 5. The molecule has 0 saturated carbocycles. The molecule has 0 aliphatic carbocycles. The number of thiophene rings is 1. The lowest BCUT2D eigenvalue weighted by molar-refractivity contribution is -0.131. The van der Waals surface area contributed by atoms with Gasteiger partial charge in [0.05, 0.1) is 17.5 Å². The summed E-state index contributed by atoms with van der Waals surface area (Å²) >= 11 is 1.36. The molecule has 0 radical (unpaired) electrons. The normalized spacial score (nSPS) is 18.6. The van der Waals surface area contributed by atoms with Gasteiger partial charge in [-0.15, -0.1) is 11.3 Å². The number of benzene rings is 1. The average Bonchev–Trinajstić information content (AvgIpc) is 3.37. The highest BCUT2D eigenvalue weighted by Gasteiger charge is 2.31. The van der Waals surface area contributed by atoms with Crippen molar-refractivity contribution in [1.82, 2.24) is 10.2 Å². The van der Waals surface area contributed by atoms with Gasteiger partial charge in [-0.05, 0) is 42.0 Å². The number of amides is 2. The largest absolute Gasteiger partial charge is 0.486 e. The van der Waals surface area contributed by atoms with Crippen molar-refractivity contribution < 1.29 is 19.1 Å². The zero-order chi connectivity index (χ0) is 17.9. The molecule has 1 aromatic heterocycles.